The fourth-order valence-corrected chi connectivity index (χ4v) is 7.81. The summed E-state index contributed by atoms with van der Waals surface area (Å²) in [5.74, 6) is 0. The number of furan rings is 1. The minimum Gasteiger partial charge on any atom is -0.456 e. The molecule has 0 aliphatic rings. The van der Waals surface area contributed by atoms with Crippen LogP contribution < -0.4 is 4.90 Å². The molecule has 0 saturated heterocycles. The van der Waals surface area contributed by atoms with E-state index in [2.05, 4.69) is 147 Å². The van der Waals surface area contributed by atoms with E-state index in [1.807, 2.05) is 23.5 Å². The molecule has 0 amide bonds. The molecule has 2 heterocycles. The van der Waals surface area contributed by atoms with E-state index in [-0.39, 0.29) is 5.41 Å². The average Bonchev–Trinajstić information content (AvgIpc) is 3.60. The van der Waals surface area contributed by atoms with Gasteiger partial charge in [0.05, 0.1) is 10.4 Å². The highest BCUT2D eigenvalue weighted by Gasteiger charge is 2.23. The second-order valence-corrected chi connectivity index (χ2v) is 13.2. The van der Waals surface area contributed by atoms with Gasteiger partial charge in [-0.3, -0.25) is 0 Å². The average molecular weight is 574 g/mol. The number of fused-ring (bicyclic) bond motifs is 6. The first kappa shape index (κ1) is 25.8. The molecule has 8 rings (SSSR count). The molecule has 2 aromatic heterocycles. The molecule has 0 saturated carbocycles. The first-order valence-corrected chi connectivity index (χ1v) is 15.6. The van der Waals surface area contributed by atoms with Gasteiger partial charge in [-0.05, 0) is 64.6 Å². The van der Waals surface area contributed by atoms with E-state index in [0.29, 0.717) is 0 Å². The van der Waals surface area contributed by atoms with Gasteiger partial charge in [-0.2, -0.15) is 0 Å². The van der Waals surface area contributed by atoms with Crippen LogP contribution in [-0.4, -0.2) is 0 Å². The lowest BCUT2D eigenvalue weighted by Crippen LogP contribution is -2.10. The zero-order valence-corrected chi connectivity index (χ0v) is 25.3. The van der Waals surface area contributed by atoms with E-state index in [0.717, 1.165) is 33.3 Å². The Morgan fingerprint density at radius 2 is 1.14 bits per heavy atom. The molecule has 6 aromatic carbocycles. The van der Waals surface area contributed by atoms with E-state index in [1.54, 1.807) is 0 Å². The minimum atomic E-state index is 0.0564. The third-order valence-corrected chi connectivity index (χ3v) is 9.68. The molecule has 0 fully saturated rings. The van der Waals surface area contributed by atoms with Gasteiger partial charge < -0.3 is 9.32 Å². The van der Waals surface area contributed by atoms with E-state index >= 15 is 0 Å². The molecule has 0 atom stereocenters. The summed E-state index contributed by atoms with van der Waals surface area (Å²) in [4.78, 5) is 2.41. The number of hydrogen-bond donors (Lipinski definition) is 0. The molecule has 0 spiro atoms. The number of hydrogen-bond acceptors (Lipinski definition) is 3. The summed E-state index contributed by atoms with van der Waals surface area (Å²) < 4.78 is 8.86. The lowest BCUT2D eigenvalue weighted by Gasteiger charge is -2.26. The number of para-hydroxylation sites is 1. The Bertz CT molecular complexity index is 2270. The Hall–Kier alpha value is -4.86. The molecule has 2 nitrogen and oxygen atoms in total. The molecule has 8 aromatic rings. The van der Waals surface area contributed by atoms with Crippen molar-refractivity contribution in [3.8, 4) is 11.1 Å². The first-order chi connectivity index (χ1) is 21.0. The quantitative estimate of drug-likeness (QED) is 0.208. The number of nitrogens with zero attached hydrogens (tertiary/aromatic N) is 1. The topological polar surface area (TPSA) is 16.4 Å². The SMILES string of the molecule is CC(C)(C)c1cccc2c1sc1c(N(c3ccc(-c4ccccc4)cc3)c3ccc4oc5ccccc5c4c3)cccc12. The van der Waals surface area contributed by atoms with Crippen molar-refractivity contribution in [2.45, 2.75) is 26.2 Å². The Labute approximate surface area is 255 Å². The van der Waals surface area contributed by atoms with Gasteiger partial charge in [0.1, 0.15) is 11.2 Å². The number of rotatable bonds is 4. The van der Waals surface area contributed by atoms with E-state index < -0.39 is 0 Å². The van der Waals surface area contributed by atoms with Crippen LogP contribution in [0.15, 0.2) is 138 Å². The highest BCUT2D eigenvalue weighted by atomic mass is 32.1. The minimum absolute atomic E-state index is 0.0564. The van der Waals surface area contributed by atoms with Crippen molar-refractivity contribution in [3.05, 3.63) is 139 Å². The molecule has 43 heavy (non-hydrogen) atoms. The van der Waals surface area contributed by atoms with Gasteiger partial charge >= 0.3 is 0 Å². The molecule has 0 aliphatic heterocycles. The van der Waals surface area contributed by atoms with Crippen molar-refractivity contribution in [3.63, 3.8) is 0 Å². The Morgan fingerprint density at radius 3 is 1.93 bits per heavy atom. The molecule has 0 N–H and O–H groups in total. The van der Waals surface area contributed by atoms with Crippen molar-refractivity contribution in [2.24, 2.45) is 0 Å². The highest BCUT2D eigenvalue weighted by molar-refractivity contribution is 7.26. The third-order valence-electron chi connectivity index (χ3n) is 8.40. The van der Waals surface area contributed by atoms with Crippen LogP contribution in [-0.2, 0) is 5.41 Å². The van der Waals surface area contributed by atoms with Crippen LogP contribution >= 0.6 is 11.3 Å². The summed E-state index contributed by atoms with van der Waals surface area (Å²) in [6, 6.07) is 47.9. The molecule has 0 aliphatic carbocycles. The smallest absolute Gasteiger partial charge is 0.135 e. The van der Waals surface area contributed by atoms with Crippen LogP contribution in [0.5, 0.6) is 0 Å². The highest BCUT2D eigenvalue weighted by Crippen LogP contribution is 2.47. The van der Waals surface area contributed by atoms with Gasteiger partial charge in [-0.1, -0.05) is 112 Å². The molecule has 0 bridgehead atoms. The Balaban J connectivity index is 1.38. The molecule has 0 radical (unpaired) electrons. The third kappa shape index (κ3) is 4.31. The van der Waals surface area contributed by atoms with Crippen LogP contribution in [0.2, 0.25) is 0 Å². The maximum absolute atomic E-state index is 6.20. The molecular weight excluding hydrogens is 543 g/mol. The summed E-state index contributed by atoms with van der Waals surface area (Å²) in [5.41, 5.74) is 9.08. The first-order valence-electron chi connectivity index (χ1n) is 14.8. The van der Waals surface area contributed by atoms with E-state index in [1.165, 1.54) is 42.6 Å². The lowest BCUT2D eigenvalue weighted by molar-refractivity contribution is 0.597. The van der Waals surface area contributed by atoms with Crippen molar-refractivity contribution >= 4 is 70.5 Å². The van der Waals surface area contributed by atoms with Gasteiger partial charge in [0.15, 0.2) is 0 Å². The molecular formula is C40H31NOS. The van der Waals surface area contributed by atoms with Crippen LogP contribution in [0, 0.1) is 0 Å². The fourth-order valence-electron chi connectivity index (χ4n) is 6.29. The predicted octanol–water partition coefficient (Wildman–Crippen LogP) is 12.4. The summed E-state index contributed by atoms with van der Waals surface area (Å²) in [5, 5.41) is 4.88. The number of benzene rings is 6. The van der Waals surface area contributed by atoms with Gasteiger partial charge in [-0.25, -0.2) is 0 Å². The van der Waals surface area contributed by atoms with Crippen LogP contribution in [0.4, 0.5) is 17.1 Å². The van der Waals surface area contributed by atoms with E-state index in [9.17, 15) is 0 Å². The standard InChI is InChI=1S/C40H31NOS/c1-40(2,3)34-16-9-14-31-32-15-10-17-35(39(32)43-38(31)34)41(28-21-19-27(20-22-28)26-11-5-4-6-12-26)29-23-24-37-33(25-29)30-13-7-8-18-36(30)42-37/h4-25H,1-3H3. The maximum atomic E-state index is 6.20. The van der Waals surface area contributed by atoms with Crippen molar-refractivity contribution in [1.82, 2.24) is 0 Å². The van der Waals surface area contributed by atoms with Gasteiger partial charge in [-0.15, -0.1) is 11.3 Å². The number of thiophene rings is 1. The van der Waals surface area contributed by atoms with Gasteiger partial charge in [0.2, 0.25) is 0 Å². The molecule has 3 heteroatoms. The molecule has 208 valence electrons. The second kappa shape index (κ2) is 9.86. The summed E-state index contributed by atoms with van der Waals surface area (Å²) in [6.45, 7) is 6.91. The summed E-state index contributed by atoms with van der Waals surface area (Å²) in [7, 11) is 0. The van der Waals surface area contributed by atoms with Crippen LogP contribution in [0.3, 0.4) is 0 Å². The van der Waals surface area contributed by atoms with Crippen molar-refractivity contribution < 1.29 is 4.42 Å². The monoisotopic (exact) mass is 573 g/mol. The number of anilines is 3. The second-order valence-electron chi connectivity index (χ2n) is 12.2. The van der Waals surface area contributed by atoms with Crippen molar-refractivity contribution in [2.75, 3.05) is 4.90 Å². The van der Waals surface area contributed by atoms with Gasteiger partial charge in [0, 0.05) is 37.6 Å². The predicted molar refractivity (Wildman–Crippen MR) is 185 cm³/mol. The van der Waals surface area contributed by atoms with E-state index in [4.69, 9.17) is 4.42 Å². The zero-order valence-electron chi connectivity index (χ0n) is 24.5. The molecule has 0 unspecified atom stereocenters. The summed E-state index contributed by atoms with van der Waals surface area (Å²) in [6.07, 6.45) is 0. The van der Waals surface area contributed by atoms with Gasteiger partial charge in [0.25, 0.3) is 0 Å². The normalized spacial score (nSPS) is 12.1. The van der Waals surface area contributed by atoms with Crippen molar-refractivity contribution in [1.29, 1.82) is 0 Å². The van der Waals surface area contributed by atoms with Crippen LogP contribution in [0.1, 0.15) is 26.3 Å². The Morgan fingerprint density at radius 1 is 0.512 bits per heavy atom. The lowest BCUT2D eigenvalue weighted by atomic mass is 9.86. The largest absolute Gasteiger partial charge is 0.456 e. The Kier molecular flexibility index (Phi) is 5.92. The zero-order chi connectivity index (χ0) is 29.1. The summed E-state index contributed by atoms with van der Waals surface area (Å²) >= 11 is 1.91. The fraction of sp³-hybridized carbons (Fsp3) is 0.100. The van der Waals surface area contributed by atoms with Crippen LogP contribution in [0.25, 0.3) is 53.2 Å². The maximum Gasteiger partial charge on any atom is 0.135 e.